The Balaban J connectivity index is 1.38. The molecule has 1 heterocycles. The molecule has 4 fully saturated rings. The standard InChI is InChI=1S/C19H24N2O3/c1-12(24-18(23)16-2-4-20-5-3-16)17(22)21-19-9-13-6-14(10-19)8-15(7-13)11-19/h2-5,12-15H,6-11H2,1H3,(H,21,22)/t12-,13?,14?,15?,19?/m1/s1. The number of ether oxygens (including phenoxy) is 1. The van der Waals surface area contributed by atoms with Crippen LogP contribution < -0.4 is 5.32 Å². The lowest BCUT2D eigenvalue weighted by atomic mass is 9.53. The van der Waals surface area contributed by atoms with Crippen LogP contribution in [0, 0.1) is 17.8 Å². The predicted molar refractivity (Wildman–Crippen MR) is 88.2 cm³/mol. The monoisotopic (exact) mass is 328 g/mol. The molecule has 4 bridgehead atoms. The molecule has 1 aromatic rings. The minimum Gasteiger partial charge on any atom is -0.449 e. The van der Waals surface area contributed by atoms with Crippen LogP contribution in [0.25, 0.3) is 0 Å². The van der Waals surface area contributed by atoms with Gasteiger partial charge in [0.15, 0.2) is 6.10 Å². The average Bonchev–Trinajstić information content (AvgIpc) is 2.53. The molecule has 0 saturated heterocycles. The molecule has 4 aliphatic carbocycles. The van der Waals surface area contributed by atoms with Gasteiger partial charge >= 0.3 is 5.97 Å². The topological polar surface area (TPSA) is 68.3 Å². The second kappa shape index (κ2) is 5.87. The molecule has 1 aromatic heterocycles. The number of esters is 1. The Morgan fingerprint density at radius 1 is 1.12 bits per heavy atom. The first-order valence-electron chi connectivity index (χ1n) is 8.96. The summed E-state index contributed by atoms with van der Waals surface area (Å²) < 4.78 is 5.33. The lowest BCUT2D eigenvalue weighted by molar-refractivity contribution is -0.134. The van der Waals surface area contributed by atoms with Gasteiger partial charge in [0.25, 0.3) is 5.91 Å². The third-order valence-corrected chi connectivity index (χ3v) is 6.00. The molecule has 128 valence electrons. The third kappa shape index (κ3) is 2.92. The van der Waals surface area contributed by atoms with Gasteiger partial charge in [-0.25, -0.2) is 4.79 Å². The predicted octanol–water partition coefficient (Wildman–Crippen LogP) is 2.71. The summed E-state index contributed by atoms with van der Waals surface area (Å²) in [6.45, 7) is 1.65. The van der Waals surface area contributed by atoms with E-state index in [0.717, 1.165) is 37.0 Å². The first-order valence-corrected chi connectivity index (χ1v) is 8.96. The molecule has 24 heavy (non-hydrogen) atoms. The summed E-state index contributed by atoms with van der Waals surface area (Å²) in [5.41, 5.74) is 0.364. The van der Waals surface area contributed by atoms with Gasteiger partial charge < -0.3 is 10.1 Å². The average molecular weight is 328 g/mol. The first-order chi connectivity index (χ1) is 11.5. The number of nitrogens with one attached hydrogen (secondary N) is 1. The molecule has 1 amide bonds. The van der Waals surface area contributed by atoms with Crippen molar-refractivity contribution in [1.29, 1.82) is 0 Å². The molecule has 0 aliphatic heterocycles. The molecule has 4 aliphatic rings. The van der Waals surface area contributed by atoms with E-state index in [9.17, 15) is 9.59 Å². The van der Waals surface area contributed by atoms with Gasteiger partial charge in [0, 0.05) is 17.9 Å². The molecule has 5 heteroatoms. The van der Waals surface area contributed by atoms with E-state index in [1.165, 1.54) is 31.7 Å². The van der Waals surface area contributed by atoms with Gasteiger partial charge in [-0.3, -0.25) is 9.78 Å². The van der Waals surface area contributed by atoms with Crippen LogP contribution in [0.15, 0.2) is 24.5 Å². The van der Waals surface area contributed by atoms with Crippen molar-refractivity contribution in [3.8, 4) is 0 Å². The van der Waals surface area contributed by atoms with E-state index in [-0.39, 0.29) is 11.4 Å². The van der Waals surface area contributed by atoms with Crippen LogP contribution in [0.3, 0.4) is 0 Å². The Morgan fingerprint density at radius 2 is 1.67 bits per heavy atom. The summed E-state index contributed by atoms with van der Waals surface area (Å²) in [4.78, 5) is 28.6. The van der Waals surface area contributed by atoms with E-state index in [1.54, 1.807) is 19.1 Å². The number of rotatable bonds is 4. The molecule has 0 spiro atoms. The maximum atomic E-state index is 12.6. The van der Waals surface area contributed by atoms with Crippen molar-refractivity contribution in [3.63, 3.8) is 0 Å². The Labute approximate surface area is 142 Å². The largest absolute Gasteiger partial charge is 0.449 e. The van der Waals surface area contributed by atoms with Crippen molar-refractivity contribution >= 4 is 11.9 Å². The van der Waals surface area contributed by atoms with Crippen LogP contribution in [0.2, 0.25) is 0 Å². The van der Waals surface area contributed by atoms with E-state index >= 15 is 0 Å². The Kier molecular flexibility index (Phi) is 3.82. The summed E-state index contributed by atoms with van der Waals surface area (Å²) in [5.74, 6) is 1.66. The van der Waals surface area contributed by atoms with E-state index in [4.69, 9.17) is 4.74 Å². The highest BCUT2D eigenvalue weighted by Gasteiger charge is 2.51. The number of nitrogens with zero attached hydrogens (tertiary/aromatic N) is 1. The first kappa shape index (κ1) is 15.6. The fourth-order valence-electron chi connectivity index (χ4n) is 5.40. The van der Waals surface area contributed by atoms with Crippen molar-refractivity contribution < 1.29 is 14.3 Å². The fourth-order valence-corrected chi connectivity index (χ4v) is 5.40. The Bertz CT molecular complexity index is 608. The van der Waals surface area contributed by atoms with Crippen molar-refractivity contribution in [2.75, 3.05) is 0 Å². The minimum absolute atomic E-state index is 0.0524. The number of amides is 1. The van der Waals surface area contributed by atoms with Gasteiger partial charge in [0.1, 0.15) is 0 Å². The summed E-state index contributed by atoms with van der Waals surface area (Å²) in [6.07, 6.45) is 9.58. The second-order valence-electron chi connectivity index (χ2n) is 7.97. The Hall–Kier alpha value is -1.91. The summed E-state index contributed by atoms with van der Waals surface area (Å²) in [7, 11) is 0. The molecule has 5 nitrogen and oxygen atoms in total. The van der Waals surface area contributed by atoms with Gasteiger partial charge in [0.2, 0.25) is 0 Å². The highest BCUT2D eigenvalue weighted by Crippen LogP contribution is 2.55. The molecule has 1 atom stereocenters. The Morgan fingerprint density at radius 3 is 2.21 bits per heavy atom. The van der Waals surface area contributed by atoms with Crippen molar-refractivity contribution in [2.24, 2.45) is 17.8 Å². The van der Waals surface area contributed by atoms with E-state index in [1.807, 2.05) is 0 Å². The normalized spacial score (nSPS) is 34.6. The molecule has 1 N–H and O–H groups in total. The van der Waals surface area contributed by atoms with Crippen LogP contribution in [0.1, 0.15) is 55.8 Å². The molecule has 4 saturated carbocycles. The van der Waals surface area contributed by atoms with Crippen LogP contribution in [-0.4, -0.2) is 28.5 Å². The van der Waals surface area contributed by atoms with Crippen LogP contribution >= 0.6 is 0 Å². The van der Waals surface area contributed by atoms with Gasteiger partial charge in [0.05, 0.1) is 5.56 Å². The SMILES string of the molecule is C[C@@H](OC(=O)c1ccncc1)C(=O)NC12CC3CC(CC(C3)C1)C2. The lowest BCUT2D eigenvalue weighted by Gasteiger charge is -2.57. The van der Waals surface area contributed by atoms with Gasteiger partial charge in [-0.1, -0.05) is 0 Å². The number of carbonyl (C=O) groups is 2. The zero-order chi connectivity index (χ0) is 16.7. The minimum atomic E-state index is -0.779. The molecular formula is C19H24N2O3. The fraction of sp³-hybridized carbons (Fsp3) is 0.632. The number of hydrogen-bond acceptors (Lipinski definition) is 4. The van der Waals surface area contributed by atoms with Crippen LogP contribution in [0.5, 0.6) is 0 Å². The number of aromatic nitrogens is 1. The highest BCUT2D eigenvalue weighted by molar-refractivity contribution is 5.92. The van der Waals surface area contributed by atoms with Gasteiger partial charge in [-0.15, -0.1) is 0 Å². The highest BCUT2D eigenvalue weighted by atomic mass is 16.5. The molecule has 0 radical (unpaired) electrons. The van der Waals surface area contributed by atoms with E-state index < -0.39 is 12.1 Å². The maximum Gasteiger partial charge on any atom is 0.339 e. The molecule has 0 unspecified atom stereocenters. The lowest BCUT2D eigenvalue weighted by Crippen LogP contribution is -2.61. The smallest absolute Gasteiger partial charge is 0.339 e. The van der Waals surface area contributed by atoms with Gasteiger partial charge in [-0.05, 0) is 75.3 Å². The quantitative estimate of drug-likeness (QED) is 0.863. The zero-order valence-electron chi connectivity index (χ0n) is 14.0. The molecule has 5 rings (SSSR count). The number of hydrogen-bond donors (Lipinski definition) is 1. The molecular weight excluding hydrogens is 304 g/mol. The van der Waals surface area contributed by atoms with Crippen LogP contribution in [0.4, 0.5) is 0 Å². The summed E-state index contributed by atoms with van der Waals surface area (Å²) in [6, 6.07) is 3.18. The van der Waals surface area contributed by atoms with E-state index in [0.29, 0.717) is 5.56 Å². The van der Waals surface area contributed by atoms with Crippen molar-refractivity contribution in [2.45, 2.75) is 57.1 Å². The number of pyridine rings is 1. The second-order valence-corrected chi connectivity index (χ2v) is 7.97. The zero-order valence-corrected chi connectivity index (χ0v) is 14.0. The van der Waals surface area contributed by atoms with Crippen LogP contribution in [-0.2, 0) is 9.53 Å². The third-order valence-electron chi connectivity index (χ3n) is 6.00. The summed E-state index contributed by atoms with van der Waals surface area (Å²) >= 11 is 0. The maximum absolute atomic E-state index is 12.6. The summed E-state index contributed by atoms with van der Waals surface area (Å²) in [5, 5.41) is 3.25. The van der Waals surface area contributed by atoms with E-state index in [2.05, 4.69) is 10.3 Å². The number of carbonyl (C=O) groups excluding carboxylic acids is 2. The van der Waals surface area contributed by atoms with Crippen molar-refractivity contribution in [1.82, 2.24) is 10.3 Å². The van der Waals surface area contributed by atoms with Gasteiger partial charge in [-0.2, -0.15) is 0 Å². The molecule has 0 aromatic carbocycles. The van der Waals surface area contributed by atoms with Crippen molar-refractivity contribution in [3.05, 3.63) is 30.1 Å².